The van der Waals surface area contributed by atoms with Crippen LogP contribution in [-0.4, -0.2) is 47.8 Å². The molecule has 1 aromatic carbocycles. The molecule has 3 aromatic rings. The lowest BCUT2D eigenvalue weighted by atomic mass is 10.0. The molecule has 0 bridgehead atoms. The van der Waals surface area contributed by atoms with Crippen LogP contribution in [0.4, 0.5) is 10.5 Å². The van der Waals surface area contributed by atoms with E-state index < -0.39 is 5.60 Å². The van der Waals surface area contributed by atoms with Gasteiger partial charge in [0.1, 0.15) is 11.2 Å². The summed E-state index contributed by atoms with van der Waals surface area (Å²) >= 11 is 0. The average Bonchev–Trinajstić information content (AvgIpc) is 3.26. The number of likely N-dealkylation sites (tertiary alicyclic amines) is 1. The molecular formula is C23H25N3O4. The van der Waals surface area contributed by atoms with E-state index in [1.165, 1.54) is 0 Å². The maximum Gasteiger partial charge on any atom is 0.410 e. The number of carbonyl (C=O) groups excluding carboxylic acids is 1. The van der Waals surface area contributed by atoms with E-state index in [0.717, 1.165) is 18.8 Å². The molecule has 0 spiro atoms. The zero-order valence-corrected chi connectivity index (χ0v) is 17.4. The number of pyridine rings is 1. The number of hydrogen-bond donors (Lipinski definition) is 0. The monoisotopic (exact) mass is 407 g/mol. The Balaban J connectivity index is 1.36. The van der Waals surface area contributed by atoms with Crippen LogP contribution in [0, 0.1) is 11.8 Å². The number of benzene rings is 1. The van der Waals surface area contributed by atoms with Gasteiger partial charge in [0.25, 0.3) is 0 Å². The molecule has 156 valence electrons. The maximum atomic E-state index is 12.9. The SMILES string of the molecule is CC(C)(C)OC(=O)N1CC2CN(c3ccc4oc5ncccc5c(=O)c4c3)CC2C1. The van der Waals surface area contributed by atoms with Crippen LogP contribution < -0.4 is 10.3 Å². The van der Waals surface area contributed by atoms with E-state index in [-0.39, 0.29) is 11.5 Å². The lowest BCUT2D eigenvalue weighted by Crippen LogP contribution is -2.37. The number of rotatable bonds is 1. The molecule has 0 saturated carbocycles. The van der Waals surface area contributed by atoms with Gasteiger partial charge in [-0.1, -0.05) is 0 Å². The van der Waals surface area contributed by atoms with Crippen LogP contribution in [0.5, 0.6) is 0 Å². The second-order valence-corrected chi connectivity index (χ2v) is 9.28. The van der Waals surface area contributed by atoms with Crippen molar-refractivity contribution in [2.75, 3.05) is 31.1 Å². The van der Waals surface area contributed by atoms with Crippen LogP contribution in [0.2, 0.25) is 0 Å². The third-order valence-electron chi connectivity index (χ3n) is 5.93. The molecule has 30 heavy (non-hydrogen) atoms. The van der Waals surface area contributed by atoms with Crippen LogP contribution in [-0.2, 0) is 4.74 Å². The molecule has 2 fully saturated rings. The van der Waals surface area contributed by atoms with Crippen LogP contribution >= 0.6 is 0 Å². The molecule has 5 rings (SSSR count). The number of carbonyl (C=O) groups is 1. The van der Waals surface area contributed by atoms with Gasteiger partial charge in [0, 0.05) is 49.9 Å². The van der Waals surface area contributed by atoms with Gasteiger partial charge in [-0.25, -0.2) is 9.78 Å². The fourth-order valence-electron chi connectivity index (χ4n) is 4.55. The van der Waals surface area contributed by atoms with Gasteiger partial charge in [-0.2, -0.15) is 0 Å². The number of amides is 1. The molecule has 2 saturated heterocycles. The van der Waals surface area contributed by atoms with Gasteiger partial charge in [-0.15, -0.1) is 0 Å². The van der Waals surface area contributed by atoms with Crippen molar-refractivity contribution in [1.29, 1.82) is 0 Å². The summed E-state index contributed by atoms with van der Waals surface area (Å²) in [4.78, 5) is 33.6. The standard InChI is InChI=1S/C23H25N3O4/c1-23(2,3)30-22(28)26-12-14-10-25(11-15(14)13-26)16-6-7-19-18(9-16)20(27)17-5-4-8-24-21(17)29-19/h4-9,14-15H,10-13H2,1-3H3. The Kier molecular flexibility index (Phi) is 4.24. The molecule has 0 radical (unpaired) electrons. The third kappa shape index (κ3) is 3.28. The smallest absolute Gasteiger partial charge is 0.410 e. The predicted molar refractivity (Wildman–Crippen MR) is 115 cm³/mol. The second kappa shape index (κ2) is 6.72. The Bertz CT molecular complexity index is 1180. The van der Waals surface area contributed by atoms with Crippen molar-refractivity contribution < 1.29 is 13.9 Å². The summed E-state index contributed by atoms with van der Waals surface area (Å²) in [7, 11) is 0. The fourth-order valence-corrected chi connectivity index (χ4v) is 4.55. The first-order valence-corrected chi connectivity index (χ1v) is 10.3. The van der Waals surface area contributed by atoms with Gasteiger partial charge in [-0.3, -0.25) is 4.79 Å². The summed E-state index contributed by atoms with van der Waals surface area (Å²) in [5, 5.41) is 1.06. The Morgan fingerprint density at radius 2 is 1.83 bits per heavy atom. The van der Waals surface area contributed by atoms with Crippen molar-refractivity contribution in [1.82, 2.24) is 9.88 Å². The first-order chi connectivity index (χ1) is 14.3. The minimum absolute atomic E-state index is 0.0586. The van der Waals surface area contributed by atoms with E-state index >= 15 is 0 Å². The Morgan fingerprint density at radius 3 is 2.53 bits per heavy atom. The quantitative estimate of drug-likeness (QED) is 0.573. The summed E-state index contributed by atoms with van der Waals surface area (Å²) in [5.41, 5.74) is 1.38. The zero-order valence-electron chi connectivity index (χ0n) is 17.4. The molecular weight excluding hydrogens is 382 g/mol. The molecule has 2 aliphatic rings. The molecule has 4 heterocycles. The highest BCUT2D eigenvalue weighted by atomic mass is 16.6. The molecule has 2 atom stereocenters. The summed E-state index contributed by atoms with van der Waals surface area (Å²) < 4.78 is 11.3. The van der Waals surface area contributed by atoms with Gasteiger partial charge < -0.3 is 19.0 Å². The Morgan fingerprint density at radius 1 is 1.10 bits per heavy atom. The molecule has 2 aromatic heterocycles. The van der Waals surface area contributed by atoms with Crippen LogP contribution in [0.3, 0.4) is 0 Å². The summed E-state index contributed by atoms with van der Waals surface area (Å²) in [6.07, 6.45) is 1.39. The van der Waals surface area contributed by atoms with Crippen LogP contribution in [0.25, 0.3) is 22.1 Å². The van der Waals surface area contributed by atoms with Crippen molar-refractivity contribution >= 4 is 33.8 Å². The highest BCUT2D eigenvalue weighted by Crippen LogP contribution is 2.35. The third-order valence-corrected chi connectivity index (χ3v) is 5.93. The fraction of sp³-hybridized carbons (Fsp3) is 0.435. The normalized spacial score (nSPS) is 21.4. The largest absolute Gasteiger partial charge is 0.444 e. The number of aromatic nitrogens is 1. The van der Waals surface area contributed by atoms with E-state index in [9.17, 15) is 9.59 Å². The van der Waals surface area contributed by atoms with Crippen LogP contribution in [0.15, 0.2) is 45.7 Å². The first-order valence-electron chi connectivity index (χ1n) is 10.3. The zero-order chi connectivity index (χ0) is 21.0. The molecule has 7 nitrogen and oxygen atoms in total. The van der Waals surface area contributed by atoms with E-state index in [4.69, 9.17) is 9.15 Å². The average molecular weight is 407 g/mol. The number of ether oxygens (including phenoxy) is 1. The molecule has 0 aliphatic carbocycles. The van der Waals surface area contributed by atoms with Crippen LogP contribution in [0.1, 0.15) is 20.8 Å². The molecule has 2 unspecified atom stereocenters. The lowest BCUT2D eigenvalue weighted by Gasteiger charge is -2.26. The van der Waals surface area contributed by atoms with Gasteiger partial charge in [0.15, 0.2) is 0 Å². The summed E-state index contributed by atoms with van der Waals surface area (Å²) in [6, 6.07) is 9.24. The van der Waals surface area contributed by atoms with E-state index in [1.54, 1.807) is 18.3 Å². The van der Waals surface area contributed by atoms with Gasteiger partial charge >= 0.3 is 6.09 Å². The molecule has 2 aliphatic heterocycles. The highest BCUT2D eigenvalue weighted by molar-refractivity contribution is 5.90. The molecule has 0 N–H and O–H groups in total. The number of hydrogen-bond acceptors (Lipinski definition) is 6. The summed E-state index contributed by atoms with van der Waals surface area (Å²) in [5.74, 6) is 0.816. The number of nitrogens with zero attached hydrogens (tertiary/aromatic N) is 3. The maximum absolute atomic E-state index is 12.9. The minimum atomic E-state index is -0.479. The molecule has 1 amide bonds. The van der Waals surface area contributed by atoms with E-state index in [1.807, 2.05) is 43.9 Å². The van der Waals surface area contributed by atoms with Gasteiger partial charge in [0.05, 0.1) is 10.8 Å². The van der Waals surface area contributed by atoms with Gasteiger partial charge in [-0.05, 0) is 51.1 Å². The second-order valence-electron chi connectivity index (χ2n) is 9.28. The number of anilines is 1. The predicted octanol–water partition coefficient (Wildman–Crippen LogP) is 3.64. The topological polar surface area (TPSA) is 75.9 Å². The molecule has 7 heteroatoms. The number of fused-ring (bicyclic) bond motifs is 3. The van der Waals surface area contributed by atoms with Crippen molar-refractivity contribution in [3.05, 3.63) is 46.8 Å². The van der Waals surface area contributed by atoms with Crippen molar-refractivity contribution in [2.24, 2.45) is 11.8 Å². The van der Waals surface area contributed by atoms with Crippen molar-refractivity contribution in [2.45, 2.75) is 26.4 Å². The Hall–Kier alpha value is -3.09. The van der Waals surface area contributed by atoms with Crippen molar-refractivity contribution in [3.63, 3.8) is 0 Å². The Labute approximate surface area is 174 Å². The van der Waals surface area contributed by atoms with E-state index in [2.05, 4.69) is 9.88 Å². The minimum Gasteiger partial charge on any atom is -0.444 e. The van der Waals surface area contributed by atoms with Crippen molar-refractivity contribution in [3.8, 4) is 0 Å². The van der Waals surface area contributed by atoms with Gasteiger partial charge in [0.2, 0.25) is 11.1 Å². The van der Waals surface area contributed by atoms with E-state index in [0.29, 0.717) is 47.0 Å². The highest BCUT2D eigenvalue weighted by Gasteiger charge is 2.42. The first kappa shape index (κ1) is 18.9. The summed E-state index contributed by atoms with van der Waals surface area (Å²) in [6.45, 7) is 8.80. The lowest BCUT2D eigenvalue weighted by molar-refractivity contribution is 0.0282.